The number of sulfonamides is 1. The van der Waals surface area contributed by atoms with Crippen LogP contribution in [0, 0.1) is 13.8 Å². The molecule has 2 aromatic carbocycles. The van der Waals surface area contributed by atoms with E-state index in [0.717, 1.165) is 50.4 Å². The van der Waals surface area contributed by atoms with Crippen molar-refractivity contribution in [2.75, 3.05) is 50.7 Å². The fourth-order valence-electron chi connectivity index (χ4n) is 3.29. The van der Waals surface area contributed by atoms with E-state index in [2.05, 4.69) is 14.9 Å². The van der Waals surface area contributed by atoms with E-state index in [1.807, 2.05) is 19.9 Å². The summed E-state index contributed by atoms with van der Waals surface area (Å²) in [5.74, 6) is 0.221. The van der Waals surface area contributed by atoms with Crippen molar-refractivity contribution in [2.45, 2.75) is 25.2 Å². The van der Waals surface area contributed by atoms with Gasteiger partial charge in [-0.25, -0.2) is 8.42 Å². The first-order chi connectivity index (χ1) is 15.3. The number of morpholine rings is 1. The number of aryl methyl sites for hydroxylation is 2. The zero-order valence-electron chi connectivity index (χ0n) is 18.6. The molecule has 0 saturated carbocycles. The van der Waals surface area contributed by atoms with Gasteiger partial charge in [0.25, 0.3) is 15.9 Å². The van der Waals surface area contributed by atoms with Crippen molar-refractivity contribution in [1.82, 2.24) is 10.2 Å². The number of ether oxygens (including phenoxy) is 2. The van der Waals surface area contributed by atoms with Gasteiger partial charge in [0.2, 0.25) is 0 Å². The molecule has 1 saturated heterocycles. The van der Waals surface area contributed by atoms with Crippen LogP contribution >= 0.6 is 0 Å². The SMILES string of the molecule is Cc1ccc(NS(=O)(=O)c2ccc(OCC(=O)NCCCN3CCOCC3)cc2)cc1C. The quantitative estimate of drug-likeness (QED) is 0.527. The van der Waals surface area contributed by atoms with E-state index in [9.17, 15) is 13.2 Å². The predicted octanol–water partition coefficient (Wildman–Crippen LogP) is 2.32. The maximum absolute atomic E-state index is 12.6. The van der Waals surface area contributed by atoms with Gasteiger partial charge >= 0.3 is 0 Å². The molecule has 1 aliphatic heterocycles. The largest absolute Gasteiger partial charge is 0.484 e. The first-order valence-electron chi connectivity index (χ1n) is 10.7. The Morgan fingerprint density at radius 3 is 2.47 bits per heavy atom. The van der Waals surface area contributed by atoms with Crippen LogP contribution in [0.25, 0.3) is 0 Å². The number of rotatable bonds is 10. The molecule has 174 valence electrons. The Bertz CT molecular complexity index is 1000. The normalized spacial score (nSPS) is 14.7. The summed E-state index contributed by atoms with van der Waals surface area (Å²) >= 11 is 0. The average molecular weight is 462 g/mol. The summed E-state index contributed by atoms with van der Waals surface area (Å²) < 4.78 is 38.6. The summed E-state index contributed by atoms with van der Waals surface area (Å²) in [6, 6.07) is 11.4. The zero-order chi connectivity index (χ0) is 23.0. The zero-order valence-corrected chi connectivity index (χ0v) is 19.4. The molecule has 9 heteroatoms. The maximum Gasteiger partial charge on any atom is 0.261 e. The van der Waals surface area contributed by atoms with Gasteiger partial charge in [-0.1, -0.05) is 6.07 Å². The molecule has 1 heterocycles. The summed E-state index contributed by atoms with van der Waals surface area (Å²) in [5, 5.41) is 2.84. The average Bonchev–Trinajstić information content (AvgIpc) is 2.78. The standard InChI is InChI=1S/C23H31N3O5S/c1-18-4-5-20(16-19(18)2)25-32(28,29)22-8-6-21(7-9-22)31-17-23(27)24-10-3-11-26-12-14-30-15-13-26/h4-9,16,25H,3,10-15,17H2,1-2H3,(H,24,27). The number of carbonyl (C=O) groups is 1. The highest BCUT2D eigenvalue weighted by atomic mass is 32.2. The fraction of sp³-hybridized carbons (Fsp3) is 0.435. The molecule has 8 nitrogen and oxygen atoms in total. The third-order valence-electron chi connectivity index (χ3n) is 5.34. The van der Waals surface area contributed by atoms with Crippen molar-refractivity contribution in [3.05, 3.63) is 53.6 Å². The Labute approximate surface area is 190 Å². The molecular weight excluding hydrogens is 430 g/mol. The molecule has 0 bridgehead atoms. The molecule has 0 radical (unpaired) electrons. The first-order valence-corrected chi connectivity index (χ1v) is 12.2. The van der Waals surface area contributed by atoms with Crippen LogP contribution in [0.3, 0.4) is 0 Å². The highest BCUT2D eigenvalue weighted by Gasteiger charge is 2.15. The van der Waals surface area contributed by atoms with Crippen LogP contribution in [-0.4, -0.2) is 65.2 Å². The number of benzene rings is 2. The molecule has 0 spiro atoms. The molecule has 0 unspecified atom stereocenters. The van der Waals surface area contributed by atoms with Crippen molar-refractivity contribution >= 4 is 21.6 Å². The molecule has 2 N–H and O–H groups in total. The third-order valence-corrected chi connectivity index (χ3v) is 6.74. The topological polar surface area (TPSA) is 97.0 Å². The molecule has 1 amide bonds. The molecule has 0 atom stereocenters. The lowest BCUT2D eigenvalue weighted by atomic mass is 10.1. The van der Waals surface area contributed by atoms with Crippen LogP contribution in [0.5, 0.6) is 5.75 Å². The van der Waals surface area contributed by atoms with Gasteiger partial charge in [-0.05, 0) is 74.3 Å². The number of anilines is 1. The van der Waals surface area contributed by atoms with E-state index in [4.69, 9.17) is 9.47 Å². The van der Waals surface area contributed by atoms with Gasteiger partial charge < -0.3 is 14.8 Å². The highest BCUT2D eigenvalue weighted by Crippen LogP contribution is 2.21. The van der Waals surface area contributed by atoms with Crippen molar-refractivity contribution in [1.29, 1.82) is 0 Å². The second-order valence-electron chi connectivity index (χ2n) is 7.82. The third kappa shape index (κ3) is 7.22. The second-order valence-corrected chi connectivity index (χ2v) is 9.50. The van der Waals surface area contributed by atoms with Gasteiger partial charge in [-0.15, -0.1) is 0 Å². The molecule has 1 fully saturated rings. The molecule has 3 rings (SSSR count). The minimum atomic E-state index is -3.71. The summed E-state index contributed by atoms with van der Waals surface area (Å²) in [6.45, 7) is 8.69. The van der Waals surface area contributed by atoms with E-state index in [0.29, 0.717) is 18.0 Å². The van der Waals surface area contributed by atoms with Gasteiger partial charge in [-0.3, -0.25) is 14.4 Å². The number of hydrogen-bond acceptors (Lipinski definition) is 6. The first kappa shape index (κ1) is 24.0. The highest BCUT2D eigenvalue weighted by molar-refractivity contribution is 7.92. The van der Waals surface area contributed by atoms with Crippen molar-refractivity contribution in [2.24, 2.45) is 0 Å². The van der Waals surface area contributed by atoms with Gasteiger partial charge in [0, 0.05) is 25.3 Å². The summed E-state index contributed by atoms with van der Waals surface area (Å²) in [5.41, 5.74) is 2.61. The Hall–Kier alpha value is -2.62. The minimum absolute atomic E-state index is 0.120. The van der Waals surface area contributed by atoms with Gasteiger partial charge in [0.1, 0.15) is 5.75 Å². The van der Waals surface area contributed by atoms with Gasteiger partial charge in [0.15, 0.2) is 6.61 Å². The summed E-state index contributed by atoms with van der Waals surface area (Å²) in [4.78, 5) is 14.4. The van der Waals surface area contributed by atoms with Gasteiger partial charge in [0.05, 0.1) is 18.1 Å². The minimum Gasteiger partial charge on any atom is -0.484 e. The molecule has 2 aromatic rings. The molecule has 1 aliphatic rings. The second kappa shape index (κ2) is 11.3. The number of carbonyl (C=O) groups excluding carboxylic acids is 1. The number of hydrogen-bond donors (Lipinski definition) is 2. The molecular formula is C23H31N3O5S. The molecule has 0 aliphatic carbocycles. The van der Waals surface area contributed by atoms with Crippen LogP contribution in [0.4, 0.5) is 5.69 Å². The van der Waals surface area contributed by atoms with E-state index < -0.39 is 10.0 Å². The lowest BCUT2D eigenvalue weighted by molar-refractivity contribution is -0.123. The summed E-state index contributed by atoms with van der Waals surface area (Å²) in [6.07, 6.45) is 0.867. The Kier molecular flexibility index (Phi) is 8.49. The predicted molar refractivity (Wildman–Crippen MR) is 124 cm³/mol. The van der Waals surface area contributed by atoms with Crippen molar-refractivity contribution in [3.8, 4) is 5.75 Å². The Morgan fingerprint density at radius 1 is 1.06 bits per heavy atom. The van der Waals surface area contributed by atoms with Crippen molar-refractivity contribution < 1.29 is 22.7 Å². The lowest BCUT2D eigenvalue weighted by Crippen LogP contribution is -2.38. The number of nitrogens with zero attached hydrogens (tertiary/aromatic N) is 1. The van der Waals surface area contributed by atoms with Gasteiger partial charge in [-0.2, -0.15) is 0 Å². The van der Waals surface area contributed by atoms with Crippen molar-refractivity contribution in [3.63, 3.8) is 0 Å². The lowest BCUT2D eigenvalue weighted by Gasteiger charge is -2.26. The molecule has 32 heavy (non-hydrogen) atoms. The smallest absolute Gasteiger partial charge is 0.261 e. The number of nitrogens with one attached hydrogen (secondary N) is 2. The Balaban J connectivity index is 1.42. The van der Waals surface area contributed by atoms with Crippen LogP contribution in [0.2, 0.25) is 0 Å². The van der Waals surface area contributed by atoms with Crippen LogP contribution in [0.15, 0.2) is 47.4 Å². The Morgan fingerprint density at radius 2 is 1.78 bits per heavy atom. The maximum atomic E-state index is 12.6. The van der Waals surface area contributed by atoms with E-state index in [-0.39, 0.29) is 17.4 Å². The van der Waals surface area contributed by atoms with E-state index in [1.165, 1.54) is 12.1 Å². The molecule has 0 aromatic heterocycles. The van der Waals surface area contributed by atoms with E-state index in [1.54, 1.807) is 24.3 Å². The number of amides is 1. The van der Waals surface area contributed by atoms with E-state index >= 15 is 0 Å². The van der Waals surface area contributed by atoms with Crippen LogP contribution in [-0.2, 0) is 19.6 Å². The summed E-state index contributed by atoms with van der Waals surface area (Å²) in [7, 11) is -3.71. The van der Waals surface area contributed by atoms with Crippen LogP contribution in [0.1, 0.15) is 17.5 Å². The monoisotopic (exact) mass is 461 g/mol. The fourth-order valence-corrected chi connectivity index (χ4v) is 4.34. The van der Waals surface area contributed by atoms with Crippen LogP contribution < -0.4 is 14.8 Å².